The van der Waals surface area contributed by atoms with E-state index in [1.54, 1.807) is 50.3 Å². The Morgan fingerprint density at radius 1 is 1.03 bits per heavy atom. The van der Waals surface area contributed by atoms with Gasteiger partial charge < -0.3 is 20.6 Å². The van der Waals surface area contributed by atoms with E-state index in [1.165, 1.54) is 6.92 Å². The molecule has 0 aromatic rings. The fraction of sp³-hybridized carbons (Fsp3) is 0.500. The molecule has 0 saturated carbocycles. The number of Topliss-reactive ketones (excluding diaryl/α,β-unsaturated/α-hetero) is 1. The van der Waals surface area contributed by atoms with E-state index in [9.17, 15) is 24.9 Å². The molecule has 1 aliphatic rings. The molecule has 0 fully saturated rings. The molecule has 166 valence electrons. The maximum Gasteiger partial charge on any atom is 0.249 e. The highest BCUT2D eigenvalue weighted by Crippen LogP contribution is 2.16. The van der Waals surface area contributed by atoms with Gasteiger partial charge in [-0.3, -0.25) is 9.59 Å². The molecule has 2 unspecified atom stereocenters. The highest BCUT2D eigenvalue weighted by molar-refractivity contribution is 5.97. The van der Waals surface area contributed by atoms with Crippen LogP contribution in [0, 0.1) is 5.92 Å². The Hall–Kier alpha value is -2.28. The number of nitrogens with one attached hydrogen (secondary N) is 1. The molecular formula is C24H35NO5. The molecule has 1 amide bonds. The number of hydrogen-bond acceptors (Lipinski definition) is 5. The van der Waals surface area contributed by atoms with E-state index in [0.29, 0.717) is 12.0 Å². The van der Waals surface area contributed by atoms with Crippen molar-refractivity contribution in [3.63, 3.8) is 0 Å². The van der Waals surface area contributed by atoms with Crippen LogP contribution in [0.1, 0.15) is 47.5 Å². The van der Waals surface area contributed by atoms with Crippen molar-refractivity contribution in [1.29, 1.82) is 0 Å². The summed E-state index contributed by atoms with van der Waals surface area (Å²) in [5.41, 5.74) is 2.19. The van der Waals surface area contributed by atoms with Gasteiger partial charge in [-0.05, 0) is 46.1 Å². The molecule has 4 N–H and O–H groups in total. The summed E-state index contributed by atoms with van der Waals surface area (Å²) in [7, 11) is 0. The van der Waals surface area contributed by atoms with Crippen molar-refractivity contribution in [3.05, 3.63) is 59.3 Å². The minimum Gasteiger partial charge on any atom is -0.389 e. The Kier molecular flexibility index (Phi) is 10.7. The summed E-state index contributed by atoms with van der Waals surface area (Å²) in [6.45, 7) is 8.48. The van der Waals surface area contributed by atoms with Crippen LogP contribution in [0.25, 0.3) is 0 Å². The third-order valence-electron chi connectivity index (χ3n) is 4.98. The van der Waals surface area contributed by atoms with Crippen molar-refractivity contribution in [2.45, 2.75) is 71.8 Å². The Morgan fingerprint density at radius 2 is 1.57 bits per heavy atom. The quantitative estimate of drug-likeness (QED) is 0.552. The number of hydrogen-bond donors (Lipinski definition) is 4. The molecule has 0 saturated heterocycles. The van der Waals surface area contributed by atoms with Crippen LogP contribution < -0.4 is 5.32 Å². The summed E-state index contributed by atoms with van der Waals surface area (Å²) < 4.78 is 0. The Bertz CT molecular complexity index is 758. The molecule has 0 aliphatic heterocycles. The second-order valence-corrected chi connectivity index (χ2v) is 7.93. The Labute approximate surface area is 179 Å². The third kappa shape index (κ3) is 9.03. The van der Waals surface area contributed by atoms with Gasteiger partial charge in [-0.25, -0.2) is 0 Å². The lowest BCUT2D eigenvalue weighted by atomic mass is 9.90. The number of rotatable bonds is 2. The normalized spacial score (nSPS) is 32.7. The van der Waals surface area contributed by atoms with Gasteiger partial charge >= 0.3 is 0 Å². The second-order valence-electron chi connectivity index (χ2n) is 7.93. The summed E-state index contributed by atoms with van der Waals surface area (Å²) in [5, 5.41) is 32.6. The van der Waals surface area contributed by atoms with E-state index in [1.807, 2.05) is 19.9 Å². The van der Waals surface area contributed by atoms with Crippen molar-refractivity contribution < 1.29 is 24.9 Å². The molecule has 0 aromatic heterocycles. The fourth-order valence-corrected chi connectivity index (χ4v) is 2.91. The maximum atomic E-state index is 12.9. The van der Waals surface area contributed by atoms with E-state index in [0.717, 1.165) is 11.1 Å². The average molecular weight is 418 g/mol. The number of carbonyl (C=O) groups is 2. The molecule has 0 aromatic carbocycles. The first-order chi connectivity index (χ1) is 14.0. The molecule has 0 bridgehead atoms. The number of carbonyl (C=O) groups excluding carboxylic acids is 2. The first-order valence-corrected chi connectivity index (χ1v) is 10.3. The lowest BCUT2D eigenvalue weighted by Crippen LogP contribution is -2.45. The first-order valence-electron chi connectivity index (χ1n) is 10.3. The zero-order valence-corrected chi connectivity index (χ0v) is 18.5. The Morgan fingerprint density at radius 3 is 2.13 bits per heavy atom. The lowest BCUT2D eigenvalue weighted by molar-refractivity contribution is -0.129. The van der Waals surface area contributed by atoms with Crippen LogP contribution in [0.3, 0.4) is 0 Å². The molecule has 30 heavy (non-hydrogen) atoms. The lowest BCUT2D eigenvalue weighted by Gasteiger charge is -2.23. The molecule has 0 heterocycles. The van der Waals surface area contributed by atoms with Crippen LogP contribution in [-0.2, 0) is 9.59 Å². The summed E-state index contributed by atoms with van der Waals surface area (Å²) in [6, 6.07) is -0.632. The van der Waals surface area contributed by atoms with E-state index >= 15 is 0 Å². The molecule has 1 aliphatic carbocycles. The van der Waals surface area contributed by atoms with E-state index in [-0.39, 0.29) is 12.2 Å². The van der Waals surface area contributed by atoms with Gasteiger partial charge in [-0.15, -0.1) is 0 Å². The minimum atomic E-state index is -1.20. The van der Waals surface area contributed by atoms with Crippen LogP contribution in [-0.4, -0.2) is 51.4 Å². The topological polar surface area (TPSA) is 107 Å². The molecular weight excluding hydrogens is 382 g/mol. The predicted octanol–water partition coefficient (Wildman–Crippen LogP) is 2.52. The zero-order chi connectivity index (χ0) is 22.8. The van der Waals surface area contributed by atoms with Crippen molar-refractivity contribution in [3.8, 4) is 0 Å². The predicted molar refractivity (Wildman–Crippen MR) is 119 cm³/mol. The molecule has 5 atom stereocenters. The molecule has 0 spiro atoms. The Balaban J connectivity index is 3.30. The minimum absolute atomic E-state index is 0.157. The van der Waals surface area contributed by atoms with Gasteiger partial charge in [0.2, 0.25) is 5.91 Å². The number of aliphatic hydroxyl groups excluding tert-OH is 3. The molecule has 1 rings (SSSR count). The summed E-state index contributed by atoms with van der Waals surface area (Å²) in [6.07, 6.45) is 10.2. The van der Waals surface area contributed by atoms with Gasteiger partial charge in [0, 0.05) is 5.92 Å². The third-order valence-corrected chi connectivity index (χ3v) is 4.98. The molecule has 6 heteroatoms. The second kappa shape index (κ2) is 12.4. The van der Waals surface area contributed by atoms with Gasteiger partial charge in [-0.2, -0.15) is 0 Å². The van der Waals surface area contributed by atoms with Gasteiger partial charge in [0.05, 0.1) is 18.2 Å². The summed E-state index contributed by atoms with van der Waals surface area (Å²) in [5.74, 6) is -1.30. The van der Waals surface area contributed by atoms with Crippen molar-refractivity contribution >= 4 is 11.7 Å². The largest absolute Gasteiger partial charge is 0.389 e. The summed E-state index contributed by atoms with van der Waals surface area (Å²) >= 11 is 0. The van der Waals surface area contributed by atoms with E-state index < -0.39 is 36.2 Å². The number of aliphatic hydroxyl groups is 3. The number of amides is 1. The van der Waals surface area contributed by atoms with Gasteiger partial charge in [-0.1, -0.05) is 60.6 Å². The van der Waals surface area contributed by atoms with Gasteiger partial charge in [0.15, 0.2) is 5.78 Å². The highest BCUT2D eigenvalue weighted by Gasteiger charge is 2.26. The zero-order valence-electron chi connectivity index (χ0n) is 18.5. The number of allylic oxidation sites excluding steroid dienone is 5. The fourth-order valence-electron chi connectivity index (χ4n) is 2.91. The van der Waals surface area contributed by atoms with Gasteiger partial charge in [0.25, 0.3) is 0 Å². The van der Waals surface area contributed by atoms with Crippen molar-refractivity contribution in [2.75, 3.05) is 0 Å². The van der Waals surface area contributed by atoms with Gasteiger partial charge in [0.1, 0.15) is 6.10 Å². The smallest absolute Gasteiger partial charge is 0.249 e. The van der Waals surface area contributed by atoms with Crippen LogP contribution in [0.2, 0.25) is 0 Å². The standard InChI is InChI=1S/C24H35NO5/c1-15-6-10-20(27)12-8-16(2)14-22(25-24(30)19(5)26)18(4)23(29)17(3)9-13-21(28)11-7-15/h6-9,11-12,14,18-22,26-28H,10,13H2,1-5H3,(H,25,30)/b11-7?,12-8-,15-6?,16-14-,17-9-/t18-,19?,20-,21+,22?/m0/s1. The highest BCUT2D eigenvalue weighted by atomic mass is 16.3. The molecule has 6 nitrogen and oxygen atoms in total. The first kappa shape index (κ1) is 25.8. The van der Waals surface area contributed by atoms with Crippen molar-refractivity contribution in [2.24, 2.45) is 5.92 Å². The molecule has 0 radical (unpaired) electrons. The average Bonchev–Trinajstić information content (AvgIpc) is 2.70. The van der Waals surface area contributed by atoms with Crippen LogP contribution in [0.15, 0.2) is 59.3 Å². The van der Waals surface area contributed by atoms with Crippen molar-refractivity contribution in [1.82, 2.24) is 5.32 Å². The maximum absolute atomic E-state index is 12.9. The summed E-state index contributed by atoms with van der Waals surface area (Å²) in [4.78, 5) is 24.9. The number of ketones is 1. The van der Waals surface area contributed by atoms with Crippen LogP contribution in [0.4, 0.5) is 0 Å². The van der Waals surface area contributed by atoms with E-state index in [2.05, 4.69) is 5.32 Å². The van der Waals surface area contributed by atoms with Crippen LogP contribution in [0.5, 0.6) is 0 Å². The monoisotopic (exact) mass is 417 g/mol. The van der Waals surface area contributed by atoms with Crippen LogP contribution >= 0.6 is 0 Å². The van der Waals surface area contributed by atoms with E-state index in [4.69, 9.17) is 0 Å². The SMILES string of the molecule is CC1=CC[C@H](O)/C=C\C(C)=C/C(NC(=O)C(C)O)[C@H](C)C(=O)/C(C)=C\C[C@H](O)C=C1.